The maximum Gasteiger partial charge on any atom is 0.314 e. The van der Waals surface area contributed by atoms with Crippen molar-refractivity contribution in [3.8, 4) is 10.6 Å². The molecule has 150 valence electrons. The molecule has 2 N–H and O–H groups in total. The number of nitrogens with one attached hydrogen (secondary N) is 2. The van der Waals surface area contributed by atoms with E-state index in [9.17, 15) is 9.59 Å². The monoisotopic (exact) mass is 435 g/mol. The molecule has 4 rings (SSSR count). The first-order valence-corrected chi connectivity index (χ1v) is 10.4. The van der Waals surface area contributed by atoms with Crippen LogP contribution in [0.3, 0.4) is 0 Å². The fourth-order valence-corrected chi connectivity index (χ4v) is 4.28. The number of aromatic nitrogens is 1. The summed E-state index contributed by atoms with van der Waals surface area (Å²) < 4.78 is 1.14. The number of hydrogen-bond acceptors (Lipinski definition) is 4. The highest BCUT2D eigenvalue weighted by molar-refractivity contribution is 7.21. The Kier molecular flexibility index (Phi) is 5.53. The van der Waals surface area contributed by atoms with Crippen LogP contribution in [0.4, 0.5) is 11.4 Å². The molecular weight excluding hydrogens is 418 g/mol. The van der Waals surface area contributed by atoms with E-state index in [1.165, 1.54) is 5.56 Å². The van der Waals surface area contributed by atoms with Crippen molar-refractivity contribution in [3.63, 3.8) is 0 Å². The highest BCUT2D eigenvalue weighted by Crippen LogP contribution is 2.31. The zero-order chi connectivity index (χ0) is 21.3. The third kappa shape index (κ3) is 4.35. The smallest absolute Gasteiger partial charge is 0.314 e. The largest absolute Gasteiger partial charge is 0.318 e. The van der Waals surface area contributed by atoms with Crippen molar-refractivity contribution in [2.45, 2.75) is 13.8 Å². The van der Waals surface area contributed by atoms with Crippen molar-refractivity contribution >= 4 is 56.3 Å². The number of halogens is 1. The van der Waals surface area contributed by atoms with Crippen molar-refractivity contribution in [2.24, 2.45) is 0 Å². The standard InChI is InChI=1S/C23H18ClN3O2S/c1-13-3-9-19-20(11-13)30-23(27-19)15-4-7-17(8-5-15)25-21(28)22(29)26-18-10-6-16(24)12-14(18)2/h3-12H,1-2H3,(H,25,28)(H,26,29). The van der Waals surface area contributed by atoms with Crippen LogP contribution in [0.2, 0.25) is 5.02 Å². The third-order valence-corrected chi connectivity index (χ3v) is 5.88. The lowest BCUT2D eigenvalue weighted by Gasteiger charge is -2.09. The van der Waals surface area contributed by atoms with E-state index in [0.29, 0.717) is 16.4 Å². The topological polar surface area (TPSA) is 71.1 Å². The van der Waals surface area contributed by atoms with E-state index in [0.717, 1.165) is 26.4 Å². The molecular formula is C23H18ClN3O2S. The predicted octanol–water partition coefficient (Wildman–Crippen LogP) is 5.81. The number of thiazole rings is 1. The highest BCUT2D eigenvalue weighted by atomic mass is 35.5. The Morgan fingerprint density at radius 2 is 1.63 bits per heavy atom. The number of anilines is 2. The van der Waals surface area contributed by atoms with Gasteiger partial charge in [0.2, 0.25) is 0 Å². The average Bonchev–Trinajstić information content (AvgIpc) is 3.13. The molecule has 0 aliphatic carbocycles. The summed E-state index contributed by atoms with van der Waals surface area (Å²) in [5.41, 5.74) is 4.96. The number of rotatable bonds is 3. The van der Waals surface area contributed by atoms with E-state index in [4.69, 9.17) is 11.6 Å². The average molecular weight is 436 g/mol. The summed E-state index contributed by atoms with van der Waals surface area (Å²) in [5.74, 6) is -1.49. The van der Waals surface area contributed by atoms with Crippen LogP contribution in [-0.2, 0) is 9.59 Å². The molecule has 0 atom stereocenters. The molecule has 5 nitrogen and oxygen atoms in total. The lowest BCUT2D eigenvalue weighted by Crippen LogP contribution is -2.29. The summed E-state index contributed by atoms with van der Waals surface area (Å²) in [7, 11) is 0. The Morgan fingerprint density at radius 1 is 0.900 bits per heavy atom. The minimum atomic E-state index is -0.744. The molecule has 0 saturated carbocycles. The second-order valence-corrected chi connectivity index (χ2v) is 8.40. The van der Waals surface area contributed by atoms with Crippen molar-refractivity contribution in [1.29, 1.82) is 0 Å². The summed E-state index contributed by atoms with van der Waals surface area (Å²) in [6.45, 7) is 3.86. The molecule has 0 fully saturated rings. The molecule has 0 spiro atoms. The summed E-state index contributed by atoms with van der Waals surface area (Å²) in [6.07, 6.45) is 0. The first kappa shape index (κ1) is 20.1. The Balaban J connectivity index is 1.44. The van der Waals surface area contributed by atoms with Gasteiger partial charge in [0.05, 0.1) is 10.2 Å². The minimum Gasteiger partial charge on any atom is -0.318 e. The van der Waals surface area contributed by atoms with E-state index in [2.05, 4.69) is 28.6 Å². The van der Waals surface area contributed by atoms with Gasteiger partial charge in [-0.3, -0.25) is 9.59 Å². The zero-order valence-corrected chi connectivity index (χ0v) is 17.9. The Hall–Kier alpha value is -3.22. The van der Waals surface area contributed by atoms with Crippen molar-refractivity contribution in [2.75, 3.05) is 10.6 Å². The van der Waals surface area contributed by atoms with Crippen LogP contribution in [0.25, 0.3) is 20.8 Å². The van der Waals surface area contributed by atoms with E-state index >= 15 is 0 Å². The Labute approximate surface area is 182 Å². The van der Waals surface area contributed by atoms with Crippen LogP contribution >= 0.6 is 22.9 Å². The molecule has 2 amide bonds. The normalized spacial score (nSPS) is 10.8. The molecule has 0 saturated heterocycles. The molecule has 0 radical (unpaired) electrons. The van der Waals surface area contributed by atoms with Gasteiger partial charge in [-0.2, -0.15) is 0 Å². The fourth-order valence-electron chi connectivity index (χ4n) is 2.99. The number of nitrogens with zero attached hydrogens (tertiary/aromatic N) is 1. The second kappa shape index (κ2) is 8.26. The van der Waals surface area contributed by atoms with Gasteiger partial charge < -0.3 is 10.6 Å². The van der Waals surface area contributed by atoms with E-state index in [1.807, 2.05) is 31.2 Å². The number of benzene rings is 3. The summed E-state index contributed by atoms with van der Waals surface area (Å²) in [5, 5.41) is 6.68. The van der Waals surface area contributed by atoms with Gasteiger partial charge in [0, 0.05) is 22.0 Å². The van der Waals surface area contributed by atoms with E-state index in [-0.39, 0.29) is 0 Å². The van der Waals surface area contributed by atoms with E-state index in [1.54, 1.807) is 41.7 Å². The van der Waals surface area contributed by atoms with Crippen molar-refractivity contribution < 1.29 is 9.59 Å². The summed E-state index contributed by atoms with van der Waals surface area (Å²) in [6, 6.07) is 18.5. The van der Waals surface area contributed by atoms with Gasteiger partial charge in [-0.25, -0.2) is 4.98 Å². The first-order valence-electron chi connectivity index (χ1n) is 9.25. The third-order valence-electron chi connectivity index (χ3n) is 4.58. The van der Waals surface area contributed by atoms with Crippen molar-refractivity contribution in [1.82, 2.24) is 4.98 Å². The number of amides is 2. The van der Waals surface area contributed by atoms with Crippen LogP contribution in [0.5, 0.6) is 0 Å². The molecule has 30 heavy (non-hydrogen) atoms. The molecule has 0 unspecified atom stereocenters. The minimum absolute atomic E-state index is 0.531. The zero-order valence-electron chi connectivity index (χ0n) is 16.3. The van der Waals surface area contributed by atoms with Crippen LogP contribution in [0.1, 0.15) is 11.1 Å². The van der Waals surface area contributed by atoms with Crippen LogP contribution in [0.15, 0.2) is 60.7 Å². The Morgan fingerprint density at radius 3 is 2.37 bits per heavy atom. The predicted molar refractivity (Wildman–Crippen MR) is 123 cm³/mol. The van der Waals surface area contributed by atoms with Gasteiger partial charge in [0.1, 0.15) is 5.01 Å². The quantitative estimate of drug-likeness (QED) is 0.399. The van der Waals surface area contributed by atoms with Crippen LogP contribution in [-0.4, -0.2) is 16.8 Å². The van der Waals surface area contributed by atoms with Gasteiger partial charge >= 0.3 is 11.8 Å². The number of fused-ring (bicyclic) bond motifs is 1. The first-order chi connectivity index (χ1) is 14.4. The van der Waals surface area contributed by atoms with Gasteiger partial charge in [0.15, 0.2) is 0 Å². The van der Waals surface area contributed by atoms with Crippen LogP contribution < -0.4 is 10.6 Å². The van der Waals surface area contributed by atoms with Crippen molar-refractivity contribution in [3.05, 3.63) is 76.8 Å². The highest BCUT2D eigenvalue weighted by Gasteiger charge is 2.15. The SMILES string of the molecule is Cc1ccc2nc(-c3ccc(NC(=O)C(=O)Nc4ccc(Cl)cc4C)cc3)sc2c1. The fraction of sp³-hybridized carbons (Fsp3) is 0.0870. The maximum atomic E-state index is 12.2. The van der Waals surface area contributed by atoms with Gasteiger partial charge in [-0.15, -0.1) is 11.3 Å². The molecule has 0 aliphatic heterocycles. The number of carbonyl (C=O) groups excluding carboxylic acids is 2. The van der Waals surface area contributed by atoms with Gasteiger partial charge in [-0.05, 0) is 79.6 Å². The lowest BCUT2D eigenvalue weighted by molar-refractivity contribution is -0.133. The molecule has 1 aromatic heterocycles. The number of carbonyl (C=O) groups is 2. The van der Waals surface area contributed by atoms with E-state index < -0.39 is 11.8 Å². The maximum absolute atomic E-state index is 12.2. The molecule has 0 aliphatic rings. The molecule has 7 heteroatoms. The Bertz CT molecular complexity index is 1270. The number of hydrogen-bond donors (Lipinski definition) is 2. The lowest BCUT2D eigenvalue weighted by atomic mass is 10.2. The molecule has 1 heterocycles. The van der Waals surface area contributed by atoms with Gasteiger partial charge in [-0.1, -0.05) is 17.7 Å². The molecule has 0 bridgehead atoms. The van der Waals surface area contributed by atoms with Crippen LogP contribution in [0, 0.1) is 13.8 Å². The molecule has 4 aromatic rings. The molecule has 3 aromatic carbocycles. The number of aryl methyl sites for hydroxylation is 2. The summed E-state index contributed by atoms with van der Waals surface area (Å²) >= 11 is 7.54. The summed E-state index contributed by atoms with van der Waals surface area (Å²) in [4.78, 5) is 29.1. The second-order valence-electron chi connectivity index (χ2n) is 6.94. The van der Waals surface area contributed by atoms with Gasteiger partial charge in [0.25, 0.3) is 0 Å².